The SMILES string of the molecule is CC[C@@H](COC(=O)[C@H](C(C)C)N(C)C(=O)[C@H](CSC[C@@H](C(=O)N(C)[C@H](C(=O)OC[C@@H](NC)C(=O)OC)C(C)C)N(C)C(=O)[C@H](C)NC)N(C)C(=O)[C@H](C)NC)NC. The van der Waals surface area contributed by atoms with Crippen LogP contribution in [0.25, 0.3) is 0 Å². The van der Waals surface area contributed by atoms with Crippen molar-refractivity contribution in [2.24, 2.45) is 11.8 Å². The van der Waals surface area contributed by atoms with E-state index in [-0.39, 0.29) is 42.6 Å². The number of ether oxygens (including phenoxy) is 3. The highest BCUT2D eigenvalue weighted by atomic mass is 32.2. The van der Waals surface area contributed by atoms with Crippen LogP contribution in [0.3, 0.4) is 0 Å². The van der Waals surface area contributed by atoms with Gasteiger partial charge in [-0.05, 0) is 60.3 Å². The Labute approximate surface area is 344 Å². The number of esters is 3. The highest BCUT2D eigenvalue weighted by Gasteiger charge is 2.41. The van der Waals surface area contributed by atoms with Crippen molar-refractivity contribution in [2.75, 3.05) is 88.2 Å². The van der Waals surface area contributed by atoms with Crippen LogP contribution in [0, 0.1) is 11.8 Å². The Kier molecular flexibility index (Phi) is 24.8. The van der Waals surface area contributed by atoms with Gasteiger partial charge in [0, 0.05) is 45.7 Å². The van der Waals surface area contributed by atoms with Gasteiger partial charge in [-0.2, -0.15) is 11.8 Å². The maximum atomic E-state index is 14.4. The first-order valence-corrected chi connectivity index (χ1v) is 20.5. The van der Waals surface area contributed by atoms with E-state index in [0.717, 1.165) is 6.42 Å². The molecular formula is C38H72N8O10S. The van der Waals surface area contributed by atoms with Gasteiger partial charge in [-0.15, -0.1) is 0 Å². The van der Waals surface area contributed by atoms with Gasteiger partial charge in [0.25, 0.3) is 0 Å². The second-order valence-electron chi connectivity index (χ2n) is 14.8. The molecule has 8 atom stereocenters. The fourth-order valence-electron chi connectivity index (χ4n) is 5.99. The minimum Gasteiger partial charge on any atom is -0.468 e. The number of nitrogens with zero attached hydrogens (tertiary/aromatic N) is 4. The normalized spacial score (nSPS) is 15.6. The largest absolute Gasteiger partial charge is 0.468 e. The summed E-state index contributed by atoms with van der Waals surface area (Å²) in [6.07, 6.45) is 0.727. The molecule has 0 bridgehead atoms. The molecule has 0 aliphatic carbocycles. The summed E-state index contributed by atoms with van der Waals surface area (Å²) in [5.41, 5.74) is 0. The molecule has 0 aliphatic heterocycles. The standard InChI is InChI=1S/C38H72N8O10S/c1-17-26(41-10)18-55-37(52)30(22(2)3)45(14)34(49)28(43(12)32(47)24(6)39-8)20-57-21-29(44(13)33(48)25(7)40-9)35(50)46(15)31(23(4)5)38(53)56-19-27(42-11)36(51)54-16/h22-31,39-42H,17-21H2,1-16H3/t24-,25-,26-,27+,28-,29-,30-,31-/m0/s1. The molecule has 0 aromatic carbocycles. The Balaban J connectivity index is 6.75. The van der Waals surface area contributed by atoms with Crippen molar-refractivity contribution in [3.63, 3.8) is 0 Å². The molecule has 0 unspecified atom stereocenters. The Hall–Kier alpha value is -3.52. The van der Waals surface area contributed by atoms with Gasteiger partial charge < -0.3 is 55.1 Å². The number of hydrogen-bond acceptors (Lipinski definition) is 15. The molecule has 57 heavy (non-hydrogen) atoms. The average molecular weight is 833 g/mol. The summed E-state index contributed by atoms with van der Waals surface area (Å²) in [6.45, 7) is 12.1. The second kappa shape index (κ2) is 26.5. The molecule has 0 saturated heterocycles. The Bertz CT molecular complexity index is 1320. The number of thioether (sulfide) groups is 1. The molecule has 0 fully saturated rings. The van der Waals surface area contributed by atoms with Crippen LogP contribution in [0.15, 0.2) is 0 Å². The van der Waals surface area contributed by atoms with Crippen molar-refractivity contribution in [1.82, 2.24) is 40.9 Å². The molecular weight excluding hydrogens is 761 g/mol. The number of hydrogen-bond donors (Lipinski definition) is 4. The van der Waals surface area contributed by atoms with Gasteiger partial charge in [-0.25, -0.2) is 9.59 Å². The number of carbonyl (C=O) groups is 7. The van der Waals surface area contributed by atoms with Crippen molar-refractivity contribution < 1.29 is 47.8 Å². The zero-order valence-electron chi connectivity index (χ0n) is 37.1. The minimum absolute atomic E-state index is 0.00886. The molecule has 18 nitrogen and oxygen atoms in total. The highest BCUT2D eigenvalue weighted by Crippen LogP contribution is 2.22. The molecule has 0 saturated carbocycles. The lowest BCUT2D eigenvalue weighted by Crippen LogP contribution is -2.58. The van der Waals surface area contributed by atoms with E-state index in [9.17, 15) is 33.6 Å². The van der Waals surface area contributed by atoms with Crippen LogP contribution in [0.1, 0.15) is 54.9 Å². The fourth-order valence-corrected chi connectivity index (χ4v) is 7.30. The van der Waals surface area contributed by atoms with Crippen molar-refractivity contribution in [3.05, 3.63) is 0 Å². The van der Waals surface area contributed by atoms with Gasteiger partial charge >= 0.3 is 17.9 Å². The van der Waals surface area contributed by atoms with E-state index in [1.54, 1.807) is 62.7 Å². The number of amides is 4. The summed E-state index contributed by atoms with van der Waals surface area (Å²) in [7, 11) is 13.7. The van der Waals surface area contributed by atoms with Crippen LogP contribution < -0.4 is 21.3 Å². The molecule has 0 rings (SSSR count). The molecule has 0 spiro atoms. The third kappa shape index (κ3) is 15.6. The number of nitrogens with one attached hydrogen (secondary N) is 4. The van der Waals surface area contributed by atoms with E-state index in [1.807, 2.05) is 6.92 Å². The van der Waals surface area contributed by atoms with E-state index >= 15 is 0 Å². The second-order valence-corrected chi connectivity index (χ2v) is 15.9. The molecule has 0 aliphatic rings. The number of carbonyl (C=O) groups excluding carboxylic acids is 7. The lowest BCUT2D eigenvalue weighted by atomic mass is 10.0. The quantitative estimate of drug-likeness (QED) is 0.0634. The third-order valence-electron chi connectivity index (χ3n) is 10.2. The Morgan fingerprint density at radius 2 is 0.930 bits per heavy atom. The lowest BCUT2D eigenvalue weighted by molar-refractivity contribution is -0.160. The molecule has 0 aromatic rings. The van der Waals surface area contributed by atoms with Crippen LogP contribution in [-0.2, 0) is 47.8 Å². The molecule has 0 radical (unpaired) electrons. The molecule has 4 N–H and O–H groups in total. The Morgan fingerprint density at radius 1 is 0.544 bits per heavy atom. The number of methoxy groups -OCH3 is 1. The highest BCUT2D eigenvalue weighted by molar-refractivity contribution is 7.99. The fraction of sp³-hybridized carbons (Fsp3) is 0.816. The molecule has 4 amide bonds. The maximum Gasteiger partial charge on any atom is 0.329 e. The van der Waals surface area contributed by atoms with Gasteiger partial charge in [-0.1, -0.05) is 34.6 Å². The van der Waals surface area contributed by atoms with Crippen LogP contribution in [-0.4, -0.2) is 198 Å². The predicted molar refractivity (Wildman–Crippen MR) is 220 cm³/mol. The monoisotopic (exact) mass is 833 g/mol. The summed E-state index contributed by atoms with van der Waals surface area (Å²) >= 11 is 1.17. The van der Waals surface area contributed by atoms with Crippen molar-refractivity contribution in [2.45, 2.75) is 103 Å². The Morgan fingerprint density at radius 3 is 1.23 bits per heavy atom. The summed E-state index contributed by atoms with van der Waals surface area (Å²) < 4.78 is 15.9. The summed E-state index contributed by atoms with van der Waals surface area (Å²) in [5.74, 6) is -4.60. The minimum atomic E-state index is -1.12. The zero-order chi connectivity index (χ0) is 44.3. The van der Waals surface area contributed by atoms with E-state index in [2.05, 4.69) is 21.3 Å². The van der Waals surface area contributed by atoms with E-state index < -0.39 is 83.8 Å². The van der Waals surface area contributed by atoms with Crippen molar-refractivity contribution in [3.8, 4) is 0 Å². The average Bonchev–Trinajstić information content (AvgIpc) is 3.18. The van der Waals surface area contributed by atoms with Gasteiger partial charge in [-0.3, -0.25) is 24.0 Å². The van der Waals surface area contributed by atoms with Gasteiger partial charge in [0.05, 0.1) is 19.2 Å². The topological polar surface area (TPSA) is 208 Å². The van der Waals surface area contributed by atoms with Gasteiger partial charge in [0.1, 0.15) is 43.4 Å². The molecule has 19 heteroatoms. The van der Waals surface area contributed by atoms with Crippen LogP contribution >= 0.6 is 11.8 Å². The molecule has 0 aromatic heterocycles. The smallest absolute Gasteiger partial charge is 0.329 e. The van der Waals surface area contributed by atoms with Crippen molar-refractivity contribution in [1.29, 1.82) is 0 Å². The van der Waals surface area contributed by atoms with Crippen LogP contribution in [0.4, 0.5) is 0 Å². The summed E-state index contributed by atoms with van der Waals surface area (Å²) in [6, 6.07) is -6.54. The molecule has 330 valence electrons. The first kappa shape index (κ1) is 53.5. The third-order valence-corrected chi connectivity index (χ3v) is 11.3. The van der Waals surface area contributed by atoms with Crippen LogP contribution in [0.2, 0.25) is 0 Å². The first-order valence-electron chi connectivity index (χ1n) is 19.4. The summed E-state index contributed by atoms with van der Waals surface area (Å²) in [5, 5.41) is 11.6. The number of rotatable bonds is 26. The lowest BCUT2D eigenvalue weighted by Gasteiger charge is -2.37. The number of likely N-dealkylation sites (N-methyl/N-ethyl adjacent to an activating group) is 8. The maximum absolute atomic E-state index is 14.4. The first-order chi connectivity index (χ1) is 26.6. The van der Waals surface area contributed by atoms with Crippen LogP contribution in [0.5, 0.6) is 0 Å². The van der Waals surface area contributed by atoms with Crippen molar-refractivity contribution >= 4 is 53.3 Å². The zero-order valence-corrected chi connectivity index (χ0v) is 37.9. The summed E-state index contributed by atoms with van der Waals surface area (Å²) in [4.78, 5) is 99.8. The van der Waals surface area contributed by atoms with E-state index in [1.165, 1.54) is 73.7 Å². The van der Waals surface area contributed by atoms with Gasteiger partial charge in [0.15, 0.2) is 0 Å². The van der Waals surface area contributed by atoms with E-state index in [4.69, 9.17) is 14.2 Å². The van der Waals surface area contributed by atoms with Gasteiger partial charge in [0.2, 0.25) is 23.6 Å². The van der Waals surface area contributed by atoms with E-state index in [0.29, 0.717) is 0 Å². The predicted octanol–water partition coefficient (Wildman–Crippen LogP) is -0.599. The molecule has 0 heterocycles.